The molecule has 0 N–H and O–H groups in total. The van der Waals surface area contributed by atoms with E-state index in [1.54, 1.807) is 0 Å². The second kappa shape index (κ2) is 17.8. The molecule has 2 rings (SSSR count). The van der Waals surface area contributed by atoms with Gasteiger partial charge in [0.25, 0.3) is 0 Å². The number of rotatable bonds is 19. The first kappa shape index (κ1) is 29.7. The summed E-state index contributed by atoms with van der Waals surface area (Å²) in [5.41, 5.74) is 3.64. The van der Waals surface area contributed by atoms with E-state index >= 15 is 0 Å². The summed E-state index contributed by atoms with van der Waals surface area (Å²) in [6, 6.07) is 4.42. The minimum Gasteiger partial charge on any atom is -0.492 e. The molecule has 0 aliphatic carbocycles. The number of esters is 1. The molecule has 1 aliphatic heterocycles. The summed E-state index contributed by atoms with van der Waals surface area (Å²) in [7, 11) is 0. The Hall–Kier alpha value is -1.51. The van der Waals surface area contributed by atoms with E-state index in [-0.39, 0.29) is 11.9 Å². The maximum Gasteiger partial charge on any atom is 0.312 e. The molecule has 0 saturated carbocycles. The molecule has 200 valence electrons. The van der Waals surface area contributed by atoms with Gasteiger partial charge >= 0.3 is 5.97 Å². The van der Waals surface area contributed by atoms with E-state index in [0.29, 0.717) is 19.1 Å². The second-order valence-electron chi connectivity index (χ2n) is 11.2. The van der Waals surface area contributed by atoms with Crippen molar-refractivity contribution in [2.45, 2.75) is 143 Å². The Balaban J connectivity index is 1.44. The highest BCUT2D eigenvalue weighted by molar-refractivity contribution is 5.73. The summed E-state index contributed by atoms with van der Waals surface area (Å²) in [6.07, 6.45) is 22.4. The fraction of sp³-hybridized carbons (Fsp3) is 0.781. The minimum absolute atomic E-state index is 0.0933. The Bertz CT molecular complexity index is 709. The molecule has 1 atom stereocenters. The van der Waals surface area contributed by atoms with Crippen LogP contribution in [0.25, 0.3) is 0 Å². The van der Waals surface area contributed by atoms with Crippen molar-refractivity contribution >= 4 is 5.97 Å². The van der Waals surface area contributed by atoms with Crippen LogP contribution in [0.2, 0.25) is 0 Å². The highest BCUT2D eigenvalue weighted by atomic mass is 16.5. The van der Waals surface area contributed by atoms with Crippen molar-refractivity contribution in [3.05, 3.63) is 28.8 Å². The van der Waals surface area contributed by atoms with Crippen LogP contribution >= 0.6 is 0 Å². The van der Waals surface area contributed by atoms with Crippen molar-refractivity contribution in [2.24, 2.45) is 5.92 Å². The molecular weight excluding hydrogens is 432 g/mol. The molecule has 0 amide bonds. The van der Waals surface area contributed by atoms with E-state index in [2.05, 4.69) is 39.8 Å². The Morgan fingerprint density at radius 2 is 1.37 bits per heavy atom. The lowest BCUT2D eigenvalue weighted by molar-refractivity contribution is -0.150. The summed E-state index contributed by atoms with van der Waals surface area (Å²) < 4.78 is 11.6. The fourth-order valence-corrected chi connectivity index (χ4v) is 5.17. The molecular formula is C32H54O3. The first-order valence-corrected chi connectivity index (χ1v) is 15.0. The number of ether oxygens (including phenoxy) is 2. The van der Waals surface area contributed by atoms with Gasteiger partial charge in [-0.15, -0.1) is 0 Å². The Labute approximate surface area is 216 Å². The van der Waals surface area contributed by atoms with Crippen LogP contribution in [0.15, 0.2) is 12.1 Å². The number of fused-ring (bicyclic) bond motifs is 1. The van der Waals surface area contributed by atoms with Crippen molar-refractivity contribution in [1.82, 2.24) is 0 Å². The van der Waals surface area contributed by atoms with Gasteiger partial charge in [0.1, 0.15) is 12.4 Å². The molecule has 0 radical (unpaired) electrons. The topological polar surface area (TPSA) is 35.5 Å². The second-order valence-corrected chi connectivity index (χ2v) is 11.2. The molecule has 0 spiro atoms. The first-order valence-electron chi connectivity index (χ1n) is 15.0. The number of benzene rings is 1. The number of unbranched alkanes of at least 4 members (excludes halogenated alkanes) is 15. The SMILES string of the molecule is CCCCCCCCCCCCCCCCCCOC(=O)C1COc2c(C)cc(C(C)C)cc2C1. The number of aryl methyl sites for hydroxylation is 1. The summed E-state index contributed by atoms with van der Waals surface area (Å²) in [4.78, 5) is 12.6. The predicted octanol–water partition coefficient (Wildman–Crippen LogP) is 9.47. The average Bonchev–Trinajstić information content (AvgIpc) is 2.85. The standard InChI is InChI=1S/C32H54O3/c1-5-6-7-8-9-10-11-12-13-14-15-16-17-18-19-20-21-34-32(33)30-24-29-23-28(26(2)3)22-27(4)31(29)35-25-30/h22-23,26,30H,5-21,24-25H2,1-4H3. The molecule has 1 aromatic carbocycles. The number of carbonyl (C=O) groups excluding carboxylic acids is 1. The van der Waals surface area contributed by atoms with E-state index in [1.807, 2.05) is 0 Å². The zero-order chi connectivity index (χ0) is 25.3. The first-order chi connectivity index (χ1) is 17.0. The van der Waals surface area contributed by atoms with Crippen LogP contribution in [0.5, 0.6) is 5.75 Å². The monoisotopic (exact) mass is 486 g/mol. The van der Waals surface area contributed by atoms with Crippen LogP contribution in [0.4, 0.5) is 0 Å². The van der Waals surface area contributed by atoms with Gasteiger partial charge in [-0.25, -0.2) is 0 Å². The van der Waals surface area contributed by atoms with Crippen molar-refractivity contribution in [3.8, 4) is 5.75 Å². The fourth-order valence-electron chi connectivity index (χ4n) is 5.17. The Morgan fingerprint density at radius 1 is 0.857 bits per heavy atom. The highest BCUT2D eigenvalue weighted by Crippen LogP contribution is 2.34. The smallest absolute Gasteiger partial charge is 0.312 e. The number of hydrogen-bond acceptors (Lipinski definition) is 3. The van der Waals surface area contributed by atoms with Gasteiger partial charge < -0.3 is 9.47 Å². The van der Waals surface area contributed by atoms with Crippen molar-refractivity contribution in [2.75, 3.05) is 13.2 Å². The maximum absolute atomic E-state index is 12.6. The predicted molar refractivity (Wildman–Crippen MR) is 148 cm³/mol. The Morgan fingerprint density at radius 3 is 1.89 bits per heavy atom. The van der Waals surface area contributed by atoms with Gasteiger partial charge in [-0.3, -0.25) is 4.79 Å². The normalized spacial score (nSPS) is 15.2. The molecule has 0 saturated heterocycles. The van der Waals surface area contributed by atoms with Gasteiger partial charge in [0, 0.05) is 0 Å². The molecule has 1 heterocycles. The largest absolute Gasteiger partial charge is 0.492 e. The van der Waals surface area contributed by atoms with Crippen LogP contribution in [-0.4, -0.2) is 19.2 Å². The van der Waals surface area contributed by atoms with Gasteiger partial charge in [0.15, 0.2) is 0 Å². The zero-order valence-corrected chi connectivity index (χ0v) is 23.5. The molecule has 1 aromatic rings. The molecule has 3 heteroatoms. The van der Waals surface area contributed by atoms with E-state index in [4.69, 9.17) is 9.47 Å². The van der Waals surface area contributed by atoms with Gasteiger partial charge in [-0.05, 0) is 42.4 Å². The van der Waals surface area contributed by atoms with Crippen LogP contribution in [0.1, 0.15) is 146 Å². The van der Waals surface area contributed by atoms with Crippen molar-refractivity contribution in [3.63, 3.8) is 0 Å². The number of hydrogen-bond donors (Lipinski definition) is 0. The lowest BCUT2D eigenvalue weighted by atomic mass is 9.90. The zero-order valence-electron chi connectivity index (χ0n) is 23.5. The molecule has 1 aliphatic rings. The van der Waals surface area contributed by atoms with E-state index in [9.17, 15) is 4.79 Å². The lowest BCUT2D eigenvalue weighted by Crippen LogP contribution is -2.30. The Kier molecular flexibility index (Phi) is 15.2. The lowest BCUT2D eigenvalue weighted by Gasteiger charge is -2.26. The maximum atomic E-state index is 12.6. The van der Waals surface area contributed by atoms with E-state index in [1.165, 1.54) is 101 Å². The molecule has 0 fully saturated rings. The molecule has 3 nitrogen and oxygen atoms in total. The van der Waals surface area contributed by atoms with Gasteiger partial charge in [-0.2, -0.15) is 0 Å². The summed E-state index contributed by atoms with van der Waals surface area (Å²) in [5.74, 6) is 1.17. The third-order valence-corrected chi connectivity index (χ3v) is 7.51. The van der Waals surface area contributed by atoms with E-state index < -0.39 is 0 Å². The molecule has 1 unspecified atom stereocenters. The molecule has 0 bridgehead atoms. The van der Waals surface area contributed by atoms with Crippen molar-refractivity contribution in [1.29, 1.82) is 0 Å². The van der Waals surface area contributed by atoms with Crippen LogP contribution in [-0.2, 0) is 16.0 Å². The van der Waals surface area contributed by atoms with Gasteiger partial charge in [0.05, 0.1) is 12.5 Å². The van der Waals surface area contributed by atoms with Gasteiger partial charge in [0.2, 0.25) is 0 Å². The van der Waals surface area contributed by atoms with Crippen molar-refractivity contribution < 1.29 is 14.3 Å². The number of carbonyl (C=O) groups is 1. The van der Waals surface area contributed by atoms with Crippen LogP contribution in [0, 0.1) is 12.8 Å². The summed E-state index contributed by atoms with van der Waals surface area (Å²) >= 11 is 0. The third-order valence-electron chi connectivity index (χ3n) is 7.51. The van der Waals surface area contributed by atoms with Crippen LogP contribution < -0.4 is 4.74 Å². The third kappa shape index (κ3) is 11.8. The minimum atomic E-state index is -0.176. The molecule has 0 aromatic heterocycles. The van der Waals surface area contributed by atoms with Crippen LogP contribution in [0.3, 0.4) is 0 Å². The quantitative estimate of drug-likeness (QED) is 0.144. The van der Waals surface area contributed by atoms with E-state index in [0.717, 1.165) is 30.6 Å². The highest BCUT2D eigenvalue weighted by Gasteiger charge is 2.28. The van der Waals surface area contributed by atoms with Gasteiger partial charge in [-0.1, -0.05) is 129 Å². The average molecular weight is 487 g/mol. The summed E-state index contributed by atoms with van der Waals surface area (Å²) in [6.45, 7) is 9.77. The molecule has 35 heavy (non-hydrogen) atoms. The summed E-state index contributed by atoms with van der Waals surface area (Å²) in [5, 5.41) is 0.